The third-order valence-electron chi connectivity index (χ3n) is 14.4. The van der Waals surface area contributed by atoms with Crippen molar-refractivity contribution in [1.82, 2.24) is 4.57 Å². The zero-order valence-electron chi connectivity index (χ0n) is 32.8. The van der Waals surface area contributed by atoms with E-state index in [1.807, 2.05) is 0 Å². The second-order valence-electron chi connectivity index (χ2n) is 17.5. The van der Waals surface area contributed by atoms with Gasteiger partial charge >= 0.3 is 0 Å². The zero-order valence-corrected chi connectivity index (χ0v) is 32.8. The maximum atomic E-state index is 2.55. The smallest absolute Gasteiger partial charge is 0.0541 e. The van der Waals surface area contributed by atoms with Gasteiger partial charge in [0.25, 0.3) is 0 Å². The van der Waals surface area contributed by atoms with Gasteiger partial charge in [-0.05, 0) is 155 Å². The minimum atomic E-state index is 0.322. The molecule has 0 radical (unpaired) electrons. The molecule has 1 aromatic heterocycles. The standard InChI is InChI=1S/C56H46N2/c1-2-11-42-34-43(21-20-39(42)10-1)40-22-26-47(27-23-40)57(49-13-9-12-46(35-49)56-31-30-44-32-38(36-56)33-45(44)37-56)48-28-24-41(25-29-48)50-14-3-6-17-53(50)58-54-18-7-4-15-51(54)52-16-5-8-19-55(52)58/h1-29,34-35,38,44-45H,30-33,36-37H2/t38-,44?,45-,56?/m1/s1. The third-order valence-corrected chi connectivity index (χ3v) is 14.4. The Balaban J connectivity index is 0.956. The molecule has 2 heteroatoms. The van der Waals surface area contributed by atoms with E-state index in [9.17, 15) is 0 Å². The van der Waals surface area contributed by atoms with Crippen molar-refractivity contribution in [2.75, 3.05) is 4.90 Å². The summed E-state index contributed by atoms with van der Waals surface area (Å²) in [6.07, 6.45) is 8.42. The fourth-order valence-electron chi connectivity index (χ4n) is 11.8. The lowest BCUT2D eigenvalue weighted by molar-refractivity contribution is 0.139. The second kappa shape index (κ2) is 13.4. The first-order chi connectivity index (χ1) is 28.7. The molecule has 0 aliphatic heterocycles. The molecule has 3 saturated carbocycles. The normalized spacial score (nSPS) is 20.9. The minimum absolute atomic E-state index is 0.322. The predicted molar refractivity (Wildman–Crippen MR) is 244 cm³/mol. The Morgan fingerprint density at radius 3 is 1.88 bits per heavy atom. The number of fused-ring (bicyclic) bond motifs is 6. The van der Waals surface area contributed by atoms with Gasteiger partial charge in [-0.15, -0.1) is 0 Å². The molecule has 0 amide bonds. The maximum Gasteiger partial charge on any atom is 0.0541 e. The molecule has 2 nitrogen and oxygen atoms in total. The van der Waals surface area contributed by atoms with Crippen LogP contribution in [0.25, 0.3) is 60.5 Å². The van der Waals surface area contributed by atoms with Crippen molar-refractivity contribution in [3.8, 4) is 27.9 Å². The molecule has 58 heavy (non-hydrogen) atoms. The number of para-hydroxylation sites is 3. The molecule has 3 fully saturated rings. The molecule has 0 spiro atoms. The first-order valence-corrected chi connectivity index (χ1v) is 21.4. The molecule has 3 aliphatic carbocycles. The van der Waals surface area contributed by atoms with Crippen LogP contribution in [-0.4, -0.2) is 4.57 Å². The van der Waals surface area contributed by atoms with Gasteiger partial charge in [0.2, 0.25) is 0 Å². The van der Waals surface area contributed by atoms with Crippen molar-refractivity contribution in [3.63, 3.8) is 0 Å². The number of nitrogens with zero attached hydrogens (tertiary/aromatic N) is 2. The van der Waals surface area contributed by atoms with E-state index in [1.165, 1.54) is 116 Å². The molecule has 0 N–H and O–H groups in total. The molecular weight excluding hydrogens is 701 g/mol. The molecule has 1 heterocycles. The highest BCUT2D eigenvalue weighted by Crippen LogP contribution is 2.61. The predicted octanol–water partition coefficient (Wildman–Crippen LogP) is 15.2. The largest absolute Gasteiger partial charge is 0.310 e. The summed E-state index contributed by atoms with van der Waals surface area (Å²) in [7, 11) is 0. The molecule has 3 bridgehead atoms. The van der Waals surface area contributed by atoms with Crippen molar-refractivity contribution in [1.29, 1.82) is 0 Å². The Morgan fingerprint density at radius 2 is 1.10 bits per heavy atom. The van der Waals surface area contributed by atoms with Gasteiger partial charge in [-0.25, -0.2) is 0 Å². The number of anilines is 3. The van der Waals surface area contributed by atoms with E-state index in [-0.39, 0.29) is 0 Å². The van der Waals surface area contributed by atoms with Gasteiger partial charge in [0.15, 0.2) is 0 Å². The van der Waals surface area contributed by atoms with Crippen molar-refractivity contribution >= 4 is 49.6 Å². The van der Waals surface area contributed by atoms with E-state index >= 15 is 0 Å². The van der Waals surface area contributed by atoms with Crippen LogP contribution in [0.2, 0.25) is 0 Å². The van der Waals surface area contributed by atoms with Gasteiger partial charge in [-0.1, -0.05) is 127 Å². The molecule has 3 aliphatic rings. The highest BCUT2D eigenvalue weighted by atomic mass is 15.1. The Hall–Kier alpha value is -6.38. The van der Waals surface area contributed by atoms with E-state index in [1.54, 1.807) is 5.56 Å². The van der Waals surface area contributed by atoms with Gasteiger partial charge in [0.1, 0.15) is 0 Å². The Bertz CT molecular complexity index is 2930. The molecule has 9 aromatic rings. The summed E-state index contributed by atoms with van der Waals surface area (Å²) >= 11 is 0. The summed E-state index contributed by atoms with van der Waals surface area (Å²) < 4.78 is 2.44. The first-order valence-electron chi connectivity index (χ1n) is 21.4. The van der Waals surface area contributed by atoms with Crippen LogP contribution in [0.5, 0.6) is 0 Å². The summed E-state index contributed by atoms with van der Waals surface area (Å²) in [5, 5.41) is 5.10. The lowest BCUT2D eigenvalue weighted by Gasteiger charge is -2.46. The quantitative estimate of drug-likeness (QED) is 0.158. The van der Waals surface area contributed by atoms with Crippen molar-refractivity contribution in [2.45, 2.75) is 43.9 Å². The molecule has 12 rings (SSSR count). The summed E-state index contributed by atoms with van der Waals surface area (Å²) in [6.45, 7) is 0. The lowest BCUT2D eigenvalue weighted by atomic mass is 9.59. The van der Waals surface area contributed by atoms with Crippen LogP contribution < -0.4 is 4.90 Å². The van der Waals surface area contributed by atoms with Crippen LogP contribution in [0.3, 0.4) is 0 Å². The van der Waals surface area contributed by atoms with Crippen molar-refractivity contribution < 1.29 is 0 Å². The van der Waals surface area contributed by atoms with E-state index in [0.717, 1.165) is 17.8 Å². The number of rotatable bonds is 7. The molecule has 2 unspecified atom stereocenters. The number of hydrogen-bond acceptors (Lipinski definition) is 1. The zero-order chi connectivity index (χ0) is 38.2. The van der Waals surface area contributed by atoms with Crippen LogP contribution in [0.15, 0.2) is 188 Å². The molecule has 4 atom stereocenters. The lowest BCUT2D eigenvalue weighted by Crippen LogP contribution is -2.38. The van der Waals surface area contributed by atoms with E-state index in [0.29, 0.717) is 5.41 Å². The van der Waals surface area contributed by atoms with Crippen molar-refractivity contribution in [3.05, 3.63) is 194 Å². The third kappa shape index (κ3) is 5.46. The van der Waals surface area contributed by atoms with Gasteiger partial charge < -0.3 is 9.47 Å². The summed E-state index contributed by atoms with van der Waals surface area (Å²) in [5.74, 6) is 2.81. The van der Waals surface area contributed by atoms with Gasteiger partial charge in [-0.3, -0.25) is 0 Å². The maximum absolute atomic E-state index is 2.55. The van der Waals surface area contributed by atoms with Crippen molar-refractivity contribution in [2.24, 2.45) is 17.8 Å². The monoisotopic (exact) mass is 746 g/mol. The van der Waals surface area contributed by atoms with Crippen LogP contribution in [0, 0.1) is 17.8 Å². The molecular formula is C56H46N2. The summed E-state index contributed by atoms with van der Waals surface area (Å²) in [5.41, 5.74) is 14.0. The average Bonchev–Trinajstić information content (AvgIpc) is 3.73. The number of hydrogen-bond donors (Lipinski definition) is 0. The summed E-state index contributed by atoms with van der Waals surface area (Å²) in [4.78, 5) is 2.48. The Labute approximate surface area is 341 Å². The van der Waals surface area contributed by atoms with Crippen LogP contribution in [0.4, 0.5) is 17.1 Å². The van der Waals surface area contributed by atoms with Gasteiger partial charge in [0.05, 0.1) is 16.7 Å². The minimum Gasteiger partial charge on any atom is -0.310 e. The molecule has 280 valence electrons. The van der Waals surface area contributed by atoms with Gasteiger partial charge in [-0.2, -0.15) is 0 Å². The fraction of sp³-hybridized carbons (Fsp3) is 0.179. The molecule has 0 saturated heterocycles. The highest BCUT2D eigenvalue weighted by molar-refractivity contribution is 6.09. The summed E-state index contributed by atoms with van der Waals surface area (Å²) in [6, 6.07) is 70.0. The van der Waals surface area contributed by atoms with E-state index in [4.69, 9.17) is 0 Å². The van der Waals surface area contributed by atoms with E-state index < -0.39 is 0 Å². The number of benzene rings is 8. The fourth-order valence-corrected chi connectivity index (χ4v) is 11.8. The van der Waals surface area contributed by atoms with Gasteiger partial charge in [0, 0.05) is 33.4 Å². The molecule has 8 aromatic carbocycles. The Morgan fingerprint density at radius 1 is 0.466 bits per heavy atom. The van der Waals surface area contributed by atoms with Crippen LogP contribution >= 0.6 is 0 Å². The SMILES string of the molecule is c1cc(N(c2ccc(-c3ccc4ccccc4c3)cc2)c2ccc(-c3ccccc3-n3c4ccccc4c4ccccc43)cc2)cc(C23CCC4C[C@H](C[C@@H]4C2)C3)c1. The van der Waals surface area contributed by atoms with Crippen LogP contribution in [-0.2, 0) is 5.41 Å². The highest BCUT2D eigenvalue weighted by Gasteiger charge is 2.52. The number of aromatic nitrogens is 1. The second-order valence-corrected chi connectivity index (χ2v) is 17.5. The van der Waals surface area contributed by atoms with Crippen LogP contribution in [0.1, 0.15) is 44.1 Å². The van der Waals surface area contributed by atoms with E-state index in [2.05, 4.69) is 198 Å². The average molecular weight is 747 g/mol. The Kier molecular flexibility index (Phi) is 7.76. The topological polar surface area (TPSA) is 8.17 Å². The first kappa shape index (κ1) is 33.7.